The molecule has 0 aliphatic heterocycles. The maximum absolute atomic E-state index is 14.2. The highest BCUT2D eigenvalue weighted by Crippen LogP contribution is 2.31. The van der Waals surface area contributed by atoms with Gasteiger partial charge in [0.25, 0.3) is 5.56 Å². The zero-order valence-corrected chi connectivity index (χ0v) is 23.6. The fourth-order valence-electron chi connectivity index (χ4n) is 5.72. The van der Waals surface area contributed by atoms with E-state index < -0.39 is 12.3 Å². The molecule has 2 aromatic carbocycles. The van der Waals surface area contributed by atoms with Crippen molar-refractivity contribution in [1.29, 1.82) is 5.26 Å². The molecule has 0 radical (unpaired) electrons. The van der Waals surface area contributed by atoms with Crippen molar-refractivity contribution in [2.45, 2.75) is 76.5 Å². The summed E-state index contributed by atoms with van der Waals surface area (Å²) in [6.45, 7) is 2.61. The third-order valence-corrected chi connectivity index (χ3v) is 7.93. The third kappa shape index (κ3) is 6.09. The number of alkyl halides is 1. The SMILES string of the molecule is CCCc1c(Cc2ccc(-c3ccccc3C#N)cc2)c(=O)n([C@H]2CC[C@H](OCC(C)(O)CF)CC2)c2ncnn12. The van der Waals surface area contributed by atoms with Crippen LogP contribution in [0.4, 0.5) is 4.39 Å². The molecule has 1 fully saturated rings. The molecule has 8 nitrogen and oxygen atoms in total. The van der Waals surface area contributed by atoms with Gasteiger partial charge in [0.15, 0.2) is 0 Å². The van der Waals surface area contributed by atoms with Crippen molar-refractivity contribution in [1.82, 2.24) is 19.2 Å². The van der Waals surface area contributed by atoms with E-state index in [-0.39, 0.29) is 24.3 Å². The van der Waals surface area contributed by atoms with E-state index >= 15 is 0 Å². The molecule has 0 amide bonds. The topological polar surface area (TPSA) is 105 Å². The minimum Gasteiger partial charge on any atom is -0.385 e. The van der Waals surface area contributed by atoms with Crippen LogP contribution < -0.4 is 5.56 Å². The number of halogens is 1. The second-order valence-electron chi connectivity index (χ2n) is 11.2. The van der Waals surface area contributed by atoms with Gasteiger partial charge in [-0.2, -0.15) is 15.3 Å². The summed E-state index contributed by atoms with van der Waals surface area (Å²) in [4.78, 5) is 18.7. The summed E-state index contributed by atoms with van der Waals surface area (Å²) in [6, 6.07) is 17.7. The molecule has 0 bridgehead atoms. The van der Waals surface area contributed by atoms with E-state index in [0.717, 1.165) is 28.8 Å². The first-order valence-corrected chi connectivity index (χ1v) is 14.3. The van der Waals surface area contributed by atoms with Crippen LogP contribution in [0.5, 0.6) is 0 Å². The second kappa shape index (κ2) is 12.3. The molecule has 1 aliphatic rings. The number of fused-ring (bicyclic) bond motifs is 1. The van der Waals surface area contributed by atoms with Crippen LogP contribution in [-0.4, -0.2) is 49.3 Å². The number of aromatic nitrogens is 4. The summed E-state index contributed by atoms with van der Waals surface area (Å²) in [5, 5.41) is 24.0. The van der Waals surface area contributed by atoms with Gasteiger partial charge in [0.2, 0.25) is 5.78 Å². The molecule has 1 atom stereocenters. The Kier molecular flexibility index (Phi) is 8.62. The van der Waals surface area contributed by atoms with Crippen LogP contribution in [0.3, 0.4) is 0 Å². The van der Waals surface area contributed by atoms with E-state index in [1.807, 2.05) is 53.0 Å². The largest absolute Gasteiger partial charge is 0.385 e. The van der Waals surface area contributed by atoms with Crippen LogP contribution in [0.2, 0.25) is 0 Å². The number of aliphatic hydroxyl groups is 1. The van der Waals surface area contributed by atoms with E-state index in [0.29, 0.717) is 55.4 Å². The molecule has 1 saturated carbocycles. The van der Waals surface area contributed by atoms with E-state index in [1.54, 1.807) is 4.57 Å². The van der Waals surface area contributed by atoms with Gasteiger partial charge in [-0.1, -0.05) is 55.8 Å². The molecule has 2 heterocycles. The Labute approximate surface area is 239 Å². The zero-order chi connectivity index (χ0) is 29.0. The van der Waals surface area contributed by atoms with Gasteiger partial charge in [-0.3, -0.25) is 9.36 Å². The van der Waals surface area contributed by atoms with Gasteiger partial charge in [-0.15, -0.1) is 0 Å². The number of hydrogen-bond donors (Lipinski definition) is 1. The molecule has 0 spiro atoms. The summed E-state index contributed by atoms with van der Waals surface area (Å²) in [5.74, 6) is 0.551. The predicted molar refractivity (Wildman–Crippen MR) is 154 cm³/mol. The number of benzene rings is 2. The Balaban J connectivity index is 1.44. The van der Waals surface area contributed by atoms with Gasteiger partial charge >= 0.3 is 0 Å². The fourth-order valence-corrected chi connectivity index (χ4v) is 5.72. The summed E-state index contributed by atoms with van der Waals surface area (Å²) >= 11 is 0. The molecule has 4 aromatic rings. The molecule has 1 aliphatic carbocycles. The first-order valence-electron chi connectivity index (χ1n) is 14.3. The molecular formula is C32H36FN5O3. The van der Waals surface area contributed by atoms with Gasteiger partial charge in [0, 0.05) is 18.0 Å². The fraction of sp³-hybridized carbons (Fsp3) is 0.438. The van der Waals surface area contributed by atoms with Crippen LogP contribution in [0, 0.1) is 11.3 Å². The van der Waals surface area contributed by atoms with Crippen LogP contribution in [0.1, 0.15) is 74.4 Å². The van der Waals surface area contributed by atoms with Gasteiger partial charge in [-0.25, -0.2) is 8.91 Å². The van der Waals surface area contributed by atoms with E-state index in [4.69, 9.17) is 4.74 Å². The highest BCUT2D eigenvalue weighted by atomic mass is 19.1. The number of nitriles is 1. The van der Waals surface area contributed by atoms with Gasteiger partial charge in [0.05, 0.1) is 30.0 Å². The second-order valence-corrected chi connectivity index (χ2v) is 11.2. The normalized spacial score (nSPS) is 18.7. The van der Waals surface area contributed by atoms with Crippen LogP contribution in [0.15, 0.2) is 59.7 Å². The molecule has 214 valence electrons. The lowest BCUT2D eigenvalue weighted by Crippen LogP contribution is -2.38. The highest BCUT2D eigenvalue weighted by Gasteiger charge is 2.30. The van der Waals surface area contributed by atoms with Gasteiger partial charge in [-0.05, 0) is 61.8 Å². The van der Waals surface area contributed by atoms with Crippen molar-refractivity contribution in [2.24, 2.45) is 0 Å². The number of aryl methyl sites for hydroxylation is 1. The van der Waals surface area contributed by atoms with E-state index in [9.17, 15) is 19.6 Å². The van der Waals surface area contributed by atoms with Gasteiger partial charge in [0.1, 0.15) is 18.6 Å². The Bertz CT molecular complexity index is 1590. The maximum atomic E-state index is 14.2. The molecule has 41 heavy (non-hydrogen) atoms. The zero-order valence-electron chi connectivity index (χ0n) is 23.6. The number of nitrogens with zero attached hydrogens (tertiary/aromatic N) is 5. The molecule has 2 aromatic heterocycles. The summed E-state index contributed by atoms with van der Waals surface area (Å²) < 4.78 is 22.4. The molecule has 1 N–H and O–H groups in total. The Morgan fingerprint density at radius 1 is 1.15 bits per heavy atom. The lowest BCUT2D eigenvalue weighted by atomic mass is 9.92. The highest BCUT2D eigenvalue weighted by molar-refractivity contribution is 5.70. The van der Waals surface area contributed by atoms with Crippen molar-refractivity contribution in [2.75, 3.05) is 13.3 Å². The average Bonchev–Trinajstić information content (AvgIpc) is 3.48. The minimum atomic E-state index is -1.48. The predicted octanol–water partition coefficient (Wildman–Crippen LogP) is 5.19. The van der Waals surface area contributed by atoms with Crippen LogP contribution >= 0.6 is 0 Å². The number of rotatable bonds is 10. The third-order valence-electron chi connectivity index (χ3n) is 7.93. The van der Waals surface area contributed by atoms with Crippen molar-refractivity contribution < 1.29 is 14.2 Å². The van der Waals surface area contributed by atoms with Crippen molar-refractivity contribution in [3.8, 4) is 17.2 Å². The lowest BCUT2D eigenvalue weighted by molar-refractivity contribution is -0.0830. The molecule has 9 heteroatoms. The van der Waals surface area contributed by atoms with Crippen LogP contribution in [-0.2, 0) is 17.6 Å². The van der Waals surface area contributed by atoms with Crippen molar-refractivity contribution in [3.05, 3.63) is 87.6 Å². The smallest absolute Gasteiger partial charge is 0.259 e. The summed E-state index contributed by atoms with van der Waals surface area (Å²) in [5.41, 5.74) is 3.53. The van der Waals surface area contributed by atoms with Crippen LogP contribution in [0.25, 0.3) is 16.9 Å². The number of hydrogen-bond acceptors (Lipinski definition) is 6. The molecular weight excluding hydrogens is 521 g/mol. The Hall–Kier alpha value is -3.87. The van der Waals surface area contributed by atoms with E-state index in [1.165, 1.54) is 13.3 Å². The standard InChI is InChI=1S/C32H36FN5O3/c1-3-6-29-28(17-22-9-11-23(12-10-22)27-8-5-4-7-24(27)18-34)30(39)37(31-35-21-36-38(29)31)25-13-15-26(16-14-25)41-20-32(2,40)19-33/h4-5,7-12,21,25-26,40H,3,6,13-17,19-20H2,1-2H3/t25-,26-,32?. The Morgan fingerprint density at radius 3 is 2.56 bits per heavy atom. The molecule has 1 unspecified atom stereocenters. The Morgan fingerprint density at radius 2 is 1.88 bits per heavy atom. The lowest BCUT2D eigenvalue weighted by Gasteiger charge is -2.32. The van der Waals surface area contributed by atoms with Crippen molar-refractivity contribution >= 4 is 5.78 Å². The summed E-state index contributed by atoms with van der Waals surface area (Å²) in [6.07, 6.45) is 6.28. The minimum absolute atomic E-state index is 0.0439. The van der Waals surface area contributed by atoms with Gasteiger partial charge < -0.3 is 9.84 Å². The quantitative estimate of drug-likeness (QED) is 0.288. The van der Waals surface area contributed by atoms with E-state index in [2.05, 4.69) is 23.1 Å². The number of ether oxygens (including phenoxy) is 1. The molecule has 5 rings (SSSR count). The first kappa shape index (κ1) is 28.7. The first-order chi connectivity index (χ1) is 19.8. The maximum Gasteiger partial charge on any atom is 0.259 e. The summed E-state index contributed by atoms with van der Waals surface area (Å²) in [7, 11) is 0. The molecule has 0 saturated heterocycles. The average molecular weight is 558 g/mol. The monoisotopic (exact) mass is 557 g/mol. The van der Waals surface area contributed by atoms with Crippen molar-refractivity contribution in [3.63, 3.8) is 0 Å².